The predicted molar refractivity (Wildman–Crippen MR) is 155 cm³/mol. The van der Waals surface area contributed by atoms with Crippen LogP contribution in [0.4, 0.5) is 5.69 Å². The van der Waals surface area contributed by atoms with Crippen LogP contribution in [-0.4, -0.2) is 46.3 Å². The molecule has 8 nitrogen and oxygen atoms in total. The minimum absolute atomic E-state index is 0.118. The molecule has 0 spiro atoms. The highest BCUT2D eigenvalue weighted by Crippen LogP contribution is 2.65. The van der Waals surface area contributed by atoms with Crippen LogP contribution in [0.25, 0.3) is 0 Å². The molecule has 4 aliphatic rings. The van der Waals surface area contributed by atoms with E-state index in [4.69, 9.17) is 4.74 Å². The summed E-state index contributed by atoms with van der Waals surface area (Å²) in [6.07, 6.45) is 2.59. The number of likely N-dealkylation sites (tertiary alicyclic amines) is 1. The molecule has 2 aromatic carbocycles. The summed E-state index contributed by atoms with van der Waals surface area (Å²) in [5.41, 5.74) is -0.199. The number of nitrogens with zero attached hydrogens (tertiary/aromatic N) is 2. The van der Waals surface area contributed by atoms with Crippen LogP contribution in [-0.2, 0) is 19.2 Å². The summed E-state index contributed by atoms with van der Waals surface area (Å²) in [7, 11) is 1.45. The topological polar surface area (TPSA) is 104 Å². The molecule has 2 aromatic rings. The Balaban J connectivity index is 1.57. The standard InChI is InChI=1S/C32H33BrN2O6/c1-31(2,3)35-27(37)19-12-11-18-20(24(19)29(35)39)15-22-28(38)34(17-9-7-6-8-10-17)30(40)32(22,4)25(18)21-13-16(33)14-23(41-5)26(21)36/h6-11,13-14,19-20,22,24-25,36H,12,15H2,1-5H3. The van der Waals surface area contributed by atoms with E-state index in [0.29, 0.717) is 22.1 Å². The van der Waals surface area contributed by atoms with Gasteiger partial charge in [0.25, 0.3) is 0 Å². The molecule has 214 valence electrons. The third kappa shape index (κ3) is 3.77. The van der Waals surface area contributed by atoms with Crippen LogP contribution >= 0.6 is 15.9 Å². The largest absolute Gasteiger partial charge is 0.504 e. The number of imide groups is 2. The highest BCUT2D eigenvalue weighted by molar-refractivity contribution is 9.10. The van der Waals surface area contributed by atoms with Gasteiger partial charge in [0.1, 0.15) is 0 Å². The van der Waals surface area contributed by atoms with Crippen molar-refractivity contribution in [3.63, 3.8) is 0 Å². The molecule has 2 aliphatic heterocycles. The SMILES string of the molecule is COc1cc(Br)cc(C2C3=CCC4C(=O)N(C(C)(C)C)C(=O)C4C3CC3C(=O)N(c4ccccc4)C(=O)C32C)c1O. The lowest BCUT2D eigenvalue weighted by molar-refractivity contribution is -0.145. The molecule has 6 rings (SSSR count). The van der Waals surface area contributed by atoms with Crippen molar-refractivity contribution < 1.29 is 29.0 Å². The number of ether oxygens (including phenoxy) is 1. The number of methoxy groups -OCH3 is 1. The van der Waals surface area contributed by atoms with E-state index >= 15 is 0 Å². The predicted octanol–water partition coefficient (Wildman–Crippen LogP) is 5.19. The lowest BCUT2D eigenvalue weighted by Crippen LogP contribution is -2.49. The average molecular weight is 622 g/mol. The highest BCUT2D eigenvalue weighted by atomic mass is 79.9. The Morgan fingerprint density at radius 3 is 2.32 bits per heavy atom. The highest BCUT2D eigenvalue weighted by Gasteiger charge is 2.68. The monoisotopic (exact) mass is 620 g/mol. The first-order valence-electron chi connectivity index (χ1n) is 13.9. The quantitative estimate of drug-likeness (QED) is 0.374. The summed E-state index contributed by atoms with van der Waals surface area (Å²) in [4.78, 5) is 58.7. The number of rotatable bonds is 3. The lowest BCUT2D eigenvalue weighted by Gasteiger charge is -2.49. The minimum Gasteiger partial charge on any atom is -0.504 e. The van der Waals surface area contributed by atoms with Gasteiger partial charge >= 0.3 is 0 Å². The van der Waals surface area contributed by atoms with Gasteiger partial charge in [-0.15, -0.1) is 0 Å². The number of amides is 4. The van der Waals surface area contributed by atoms with Crippen molar-refractivity contribution in [3.8, 4) is 11.5 Å². The Labute approximate surface area is 247 Å². The maximum absolute atomic E-state index is 14.4. The maximum Gasteiger partial charge on any atom is 0.241 e. The zero-order chi connectivity index (χ0) is 29.6. The van der Waals surface area contributed by atoms with Gasteiger partial charge in [-0.25, -0.2) is 4.90 Å². The molecule has 6 unspecified atom stereocenters. The van der Waals surface area contributed by atoms with Gasteiger partial charge in [-0.05, 0) is 70.7 Å². The van der Waals surface area contributed by atoms with Crippen molar-refractivity contribution in [2.75, 3.05) is 12.0 Å². The number of para-hydroxylation sites is 1. The fourth-order valence-corrected chi connectivity index (χ4v) is 8.27. The van der Waals surface area contributed by atoms with Crippen molar-refractivity contribution in [2.24, 2.45) is 29.1 Å². The number of aromatic hydroxyl groups is 1. The molecule has 4 amide bonds. The summed E-state index contributed by atoms with van der Waals surface area (Å²) in [5.74, 6) is -4.11. The van der Waals surface area contributed by atoms with E-state index in [1.807, 2.05) is 32.9 Å². The number of phenols is 1. The number of allylic oxidation sites excluding steroid dienone is 2. The number of benzene rings is 2. The number of anilines is 1. The lowest BCUT2D eigenvalue weighted by atomic mass is 9.51. The molecule has 41 heavy (non-hydrogen) atoms. The molecule has 9 heteroatoms. The first-order valence-corrected chi connectivity index (χ1v) is 14.7. The van der Waals surface area contributed by atoms with E-state index in [1.165, 1.54) is 16.9 Å². The van der Waals surface area contributed by atoms with Crippen molar-refractivity contribution in [3.05, 3.63) is 64.1 Å². The van der Waals surface area contributed by atoms with Crippen LogP contribution in [0, 0.1) is 29.1 Å². The van der Waals surface area contributed by atoms with Crippen LogP contribution in [0.15, 0.2) is 58.6 Å². The Morgan fingerprint density at radius 2 is 1.68 bits per heavy atom. The molecule has 0 aromatic heterocycles. The molecule has 1 saturated carbocycles. The smallest absolute Gasteiger partial charge is 0.241 e. The molecule has 6 atom stereocenters. The minimum atomic E-state index is -1.25. The zero-order valence-corrected chi connectivity index (χ0v) is 25.3. The van der Waals surface area contributed by atoms with Gasteiger partial charge in [-0.3, -0.25) is 24.1 Å². The van der Waals surface area contributed by atoms with Gasteiger partial charge in [0.2, 0.25) is 23.6 Å². The molecule has 2 saturated heterocycles. The van der Waals surface area contributed by atoms with Gasteiger partial charge in [0.05, 0.1) is 36.0 Å². The van der Waals surface area contributed by atoms with Crippen LogP contribution < -0.4 is 9.64 Å². The fraction of sp³-hybridized carbons (Fsp3) is 0.438. The molecule has 0 radical (unpaired) electrons. The summed E-state index contributed by atoms with van der Waals surface area (Å²) >= 11 is 3.52. The van der Waals surface area contributed by atoms with Crippen molar-refractivity contribution in [1.82, 2.24) is 4.90 Å². The van der Waals surface area contributed by atoms with E-state index in [-0.39, 0.29) is 41.5 Å². The van der Waals surface area contributed by atoms with E-state index in [0.717, 1.165) is 5.57 Å². The summed E-state index contributed by atoms with van der Waals surface area (Å²) < 4.78 is 6.10. The summed E-state index contributed by atoms with van der Waals surface area (Å²) in [6, 6.07) is 12.2. The Hall–Kier alpha value is -3.46. The van der Waals surface area contributed by atoms with Crippen molar-refractivity contribution in [1.29, 1.82) is 0 Å². The Morgan fingerprint density at radius 1 is 1.00 bits per heavy atom. The second-order valence-electron chi connectivity index (χ2n) is 12.7. The first-order chi connectivity index (χ1) is 19.3. The van der Waals surface area contributed by atoms with Gasteiger partial charge in [0.15, 0.2) is 11.5 Å². The second kappa shape index (κ2) is 9.28. The molecular weight excluding hydrogens is 588 g/mol. The molecule has 3 fully saturated rings. The van der Waals surface area contributed by atoms with E-state index in [2.05, 4.69) is 15.9 Å². The number of fused-ring (bicyclic) bond motifs is 4. The third-order valence-electron chi connectivity index (χ3n) is 9.56. The van der Waals surface area contributed by atoms with E-state index < -0.39 is 40.5 Å². The maximum atomic E-state index is 14.4. The van der Waals surface area contributed by atoms with Crippen LogP contribution in [0.5, 0.6) is 11.5 Å². The molecule has 0 bridgehead atoms. The Bertz CT molecular complexity index is 1530. The number of halogens is 1. The average Bonchev–Trinajstić information content (AvgIpc) is 3.30. The number of carbonyl (C=O) groups is 4. The van der Waals surface area contributed by atoms with Crippen LogP contribution in [0.1, 0.15) is 52.0 Å². The molecule has 2 aliphatic carbocycles. The van der Waals surface area contributed by atoms with Gasteiger partial charge in [-0.1, -0.05) is 45.8 Å². The molecule has 1 N–H and O–H groups in total. The number of carbonyl (C=O) groups excluding carboxylic acids is 4. The van der Waals surface area contributed by atoms with Gasteiger partial charge in [0, 0.05) is 21.5 Å². The van der Waals surface area contributed by atoms with Crippen molar-refractivity contribution >= 4 is 45.2 Å². The third-order valence-corrected chi connectivity index (χ3v) is 10.0. The number of hydrogen-bond acceptors (Lipinski definition) is 6. The van der Waals surface area contributed by atoms with Gasteiger partial charge in [-0.2, -0.15) is 0 Å². The number of hydrogen-bond donors (Lipinski definition) is 1. The van der Waals surface area contributed by atoms with E-state index in [9.17, 15) is 24.3 Å². The second-order valence-corrected chi connectivity index (χ2v) is 13.6. The zero-order valence-electron chi connectivity index (χ0n) is 23.7. The summed E-state index contributed by atoms with van der Waals surface area (Å²) in [5, 5.41) is 11.4. The van der Waals surface area contributed by atoms with Crippen molar-refractivity contribution in [2.45, 2.75) is 52.0 Å². The molecule has 2 heterocycles. The van der Waals surface area contributed by atoms with E-state index in [1.54, 1.807) is 43.3 Å². The molecular formula is C32H33BrN2O6. The first kappa shape index (κ1) is 27.7. The normalized spacial score (nSPS) is 31.2. The van der Waals surface area contributed by atoms with Gasteiger partial charge < -0.3 is 9.84 Å². The Kier molecular flexibility index (Phi) is 6.27. The summed E-state index contributed by atoms with van der Waals surface area (Å²) in [6.45, 7) is 7.33. The van der Waals surface area contributed by atoms with Crippen LogP contribution in [0.3, 0.4) is 0 Å². The van der Waals surface area contributed by atoms with Crippen LogP contribution in [0.2, 0.25) is 0 Å². The number of phenolic OH excluding ortho intramolecular Hbond substituents is 1. The fourth-order valence-electron chi connectivity index (χ4n) is 7.81.